The van der Waals surface area contributed by atoms with Gasteiger partial charge in [0.25, 0.3) is 0 Å². The largest absolute Gasteiger partial charge is 0.480 e. The molecule has 2 unspecified atom stereocenters. The van der Waals surface area contributed by atoms with E-state index < -0.39 is 12.0 Å². The average Bonchev–Trinajstić information content (AvgIpc) is 2.03. The lowest BCUT2D eigenvalue weighted by molar-refractivity contribution is -0.138. The van der Waals surface area contributed by atoms with Crippen LogP contribution in [-0.2, 0) is 4.79 Å². The third-order valence-corrected chi connectivity index (χ3v) is 3.36. The van der Waals surface area contributed by atoms with Crippen molar-refractivity contribution in [3.63, 3.8) is 0 Å². The van der Waals surface area contributed by atoms with Crippen molar-refractivity contribution in [3.8, 4) is 0 Å². The van der Waals surface area contributed by atoms with Crippen LogP contribution >= 0.6 is 12.6 Å². The molecule has 0 heterocycles. The summed E-state index contributed by atoms with van der Waals surface area (Å²) in [6.45, 7) is 3.96. The topological polar surface area (TPSA) is 83.5 Å². The molecule has 0 aliphatic rings. The summed E-state index contributed by atoms with van der Waals surface area (Å²) in [7, 11) is 0. The third-order valence-electron chi connectivity index (χ3n) is 2.45. The summed E-state index contributed by atoms with van der Waals surface area (Å²) in [5.74, 6) is -1.01. The first-order chi connectivity index (χ1) is 6.31. The molecule has 4 nitrogen and oxygen atoms in total. The second-order valence-corrected chi connectivity index (χ2v) is 4.78. The third kappa shape index (κ3) is 4.30. The van der Waals surface area contributed by atoms with Crippen LogP contribution in [-0.4, -0.2) is 34.1 Å². The van der Waals surface area contributed by atoms with Crippen molar-refractivity contribution in [2.45, 2.75) is 38.0 Å². The van der Waals surface area contributed by atoms with Crippen LogP contribution < -0.4 is 5.73 Å². The Kier molecular flexibility index (Phi) is 5.48. The van der Waals surface area contributed by atoms with Gasteiger partial charge in [0.15, 0.2) is 0 Å². The summed E-state index contributed by atoms with van der Waals surface area (Å²) in [5.41, 5.74) is 5.20. The monoisotopic (exact) mass is 221 g/mol. The zero-order valence-corrected chi connectivity index (χ0v) is 9.50. The van der Waals surface area contributed by atoms with E-state index in [0.717, 1.165) is 0 Å². The molecule has 0 saturated carbocycles. The summed E-state index contributed by atoms with van der Waals surface area (Å²) in [5, 5.41) is 17.3. The quantitative estimate of drug-likeness (QED) is 0.492. The summed E-state index contributed by atoms with van der Waals surface area (Å²) in [4.78, 5) is 10.5. The predicted octanol–water partition coefficient (Wildman–Crippen LogP) is 0.495. The first-order valence-corrected chi connectivity index (χ1v) is 5.10. The SMILES string of the molecule is CC(C)(CCO)C(S)CC(N)C(=O)O. The second-order valence-electron chi connectivity index (χ2n) is 4.16. The standard InChI is InChI=1S/C9H19NO3S/c1-9(2,3-4-11)7(14)5-6(10)8(12)13/h6-7,11,14H,3-5,10H2,1-2H3,(H,12,13). The number of aliphatic hydroxyl groups excluding tert-OH is 1. The van der Waals surface area contributed by atoms with Crippen molar-refractivity contribution in [3.05, 3.63) is 0 Å². The fourth-order valence-corrected chi connectivity index (χ4v) is 1.47. The number of aliphatic hydroxyl groups is 1. The Morgan fingerprint density at radius 1 is 1.57 bits per heavy atom. The van der Waals surface area contributed by atoms with E-state index >= 15 is 0 Å². The molecule has 0 aliphatic heterocycles. The summed E-state index contributed by atoms with van der Waals surface area (Å²) in [6, 6.07) is -0.879. The molecule has 0 aromatic carbocycles. The lowest BCUT2D eigenvalue weighted by Crippen LogP contribution is -2.37. The van der Waals surface area contributed by atoms with E-state index in [4.69, 9.17) is 15.9 Å². The van der Waals surface area contributed by atoms with E-state index in [9.17, 15) is 4.79 Å². The number of hydrogen-bond acceptors (Lipinski definition) is 4. The Balaban J connectivity index is 4.18. The normalized spacial score (nSPS) is 16.4. The number of rotatable bonds is 6. The van der Waals surface area contributed by atoms with Gasteiger partial charge in [-0.05, 0) is 18.3 Å². The molecule has 0 spiro atoms. The molecule has 0 aromatic rings. The minimum Gasteiger partial charge on any atom is -0.480 e. The van der Waals surface area contributed by atoms with Gasteiger partial charge in [0.1, 0.15) is 6.04 Å². The predicted molar refractivity (Wildman–Crippen MR) is 58.5 cm³/mol. The maximum Gasteiger partial charge on any atom is 0.320 e. The minimum absolute atomic E-state index is 0.0758. The van der Waals surface area contributed by atoms with Crippen LogP contribution in [0.15, 0.2) is 0 Å². The fourth-order valence-electron chi connectivity index (χ4n) is 1.12. The number of hydrogen-bond donors (Lipinski definition) is 4. The molecule has 0 aliphatic carbocycles. The summed E-state index contributed by atoms with van der Waals surface area (Å²) in [6.07, 6.45) is 0.902. The van der Waals surface area contributed by atoms with Gasteiger partial charge in [0.05, 0.1) is 0 Å². The van der Waals surface area contributed by atoms with Crippen molar-refractivity contribution in [2.24, 2.45) is 11.1 Å². The lowest BCUT2D eigenvalue weighted by Gasteiger charge is -2.31. The average molecular weight is 221 g/mol. The summed E-state index contributed by atoms with van der Waals surface area (Å²) < 4.78 is 0. The molecule has 0 rings (SSSR count). The van der Waals surface area contributed by atoms with E-state index in [1.807, 2.05) is 13.8 Å². The molecule has 0 aromatic heterocycles. The van der Waals surface area contributed by atoms with Crippen molar-refractivity contribution >= 4 is 18.6 Å². The molecule has 0 saturated heterocycles. The second kappa shape index (κ2) is 5.58. The van der Waals surface area contributed by atoms with Crippen molar-refractivity contribution in [1.29, 1.82) is 0 Å². The van der Waals surface area contributed by atoms with Crippen LogP contribution in [0, 0.1) is 5.41 Å². The highest BCUT2D eigenvalue weighted by atomic mass is 32.1. The molecule has 0 amide bonds. The van der Waals surface area contributed by atoms with Crippen molar-refractivity contribution in [2.75, 3.05) is 6.61 Å². The van der Waals surface area contributed by atoms with Gasteiger partial charge in [-0.15, -0.1) is 0 Å². The van der Waals surface area contributed by atoms with Gasteiger partial charge in [-0.3, -0.25) is 4.79 Å². The molecule has 0 radical (unpaired) electrons. The zero-order valence-electron chi connectivity index (χ0n) is 8.60. The van der Waals surface area contributed by atoms with Crippen LogP contribution in [0.2, 0.25) is 0 Å². The Bertz CT molecular complexity index is 196. The smallest absolute Gasteiger partial charge is 0.320 e. The summed E-state index contributed by atoms with van der Waals surface area (Å²) >= 11 is 4.32. The van der Waals surface area contributed by atoms with Crippen LogP contribution in [0.25, 0.3) is 0 Å². The number of thiol groups is 1. The highest BCUT2D eigenvalue weighted by Gasteiger charge is 2.29. The Labute approximate surface area is 89.9 Å². The van der Waals surface area contributed by atoms with Gasteiger partial charge >= 0.3 is 5.97 Å². The lowest BCUT2D eigenvalue weighted by atomic mass is 9.83. The first kappa shape index (κ1) is 13.7. The Morgan fingerprint density at radius 2 is 2.07 bits per heavy atom. The van der Waals surface area contributed by atoms with Gasteiger partial charge in [-0.1, -0.05) is 13.8 Å². The zero-order chi connectivity index (χ0) is 11.4. The van der Waals surface area contributed by atoms with Gasteiger partial charge < -0.3 is 15.9 Å². The highest BCUT2D eigenvalue weighted by molar-refractivity contribution is 7.81. The van der Waals surface area contributed by atoms with E-state index in [-0.39, 0.29) is 17.3 Å². The van der Waals surface area contributed by atoms with Gasteiger partial charge in [0.2, 0.25) is 0 Å². The van der Waals surface area contributed by atoms with Crippen LogP contribution in [0.1, 0.15) is 26.7 Å². The number of carboxylic acids is 1. The number of aliphatic carboxylic acids is 1. The molecule has 2 atom stereocenters. The minimum atomic E-state index is -1.01. The molecular weight excluding hydrogens is 202 g/mol. The number of carbonyl (C=O) groups is 1. The van der Waals surface area contributed by atoms with Crippen molar-refractivity contribution in [1.82, 2.24) is 0 Å². The van der Waals surface area contributed by atoms with Gasteiger partial charge in [-0.25, -0.2) is 0 Å². The Morgan fingerprint density at radius 3 is 2.43 bits per heavy atom. The van der Waals surface area contributed by atoms with E-state index in [0.29, 0.717) is 12.8 Å². The molecule has 0 bridgehead atoms. The number of carboxylic acid groups (broad SMARTS) is 1. The van der Waals surface area contributed by atoms with Crippen molar-refractivity contribution < 1.29 is 15.0 Å². The van der Waals surface area contributed by atoms with E-state index in [2.05, 4.69) is 12.6 Å². The molecule has 84 valence electrons. The molecule has 5 heteroatoms. The Hall–Kier alpha value is -0.260. The molecule has 0 fully saturated rings. The van der Waals surface area contributed by atoms with Gasteiger partial charge in [0, 0.05) is 11.9 Å². The maximum atomic E-state index is 10.5. The molecular formula is C9H19NO3S. The number of nitrogens with two attached hydrogens (primary N) is 1. The fraction of sp³-hybridized carbons (Fsp3) is 0.889. The van der Waals surface area contributed by atoms with Crippen LogP contribution in [0.3, 0.4) is 0 Å². The maximum absolute atomic E-state index is 10.5. The van der Waals surface area contributed by atoms with Gasteiger partial charge in [-0.2, -0.15) is 12.6 Å². The van der Waals surface area contributed by atoms with E-state index in [1.165, 1.54) is 0 Å². The molecule has 14 heavy (non-hydrogen) atoms. The van der Waals surface area contributed by atoms with E-state index in [1.54, 1.807) is 0 Å². The highest BCUT2D eigenvalue weighted by Crippen LogP contribution is 2.31. The van der Waals surface area contributed by atoms with Crippen LogP contribution in [0.5, 0.6) is 0 Å². The van der Waals surface area contributed by atoms with Crippen LogP contribution in [0.4, 0.5) is 0 Å². The molecule has 4 N–H and O–H groups in total. The first-order valence-electron chi connectivity index (χ1n) is 4.58.